The first-order valence-electron chi connectivity index (χ1n) is 6.29. The third-order valence-corrected chi connectivity index (χ3v) is 4.08. The maximum Gasteiger partial charge on any atom is -0.0226 e. The van der Waals surface area contributed by atoms with Crippen molar-refractivity contribution in [2.45, 2.75) is 26.2 Å². The molecule has 0 bridgehead atoms. The first-order chi connectivity index (χ1) is 8.38. The van der Waals surface area contributed by atoms with E-state index in [1.54, 1.807) is 0 Å². The van der Waals surface area contributed by atoms with Gasteiger partial charge < -0.3 is 0 Å². The highest BCUT2D eigenvalue weighted by atomic mass is 31.1. The molecule has 0 amide bonds. The zero-order chi connectivity index (χ0) is 11.9. The predicted octanol–water partition coefficient (Wildman–Crippen LogP) is 3.66. The highest BCUT2D eigenvalue weighted by Crippen LogP contribution is 2.12. The van der Waals surface area contributed by atoms with Gasteiger partial charge in [0.05, 0.1) is 0 Å². The van der Waals surface area contributed by atoms with Gasteiger partial charge in [0, 0.05) is 0 Å². The number of hydrogen-bond donors (Lipinski definition) is 0. The fourth-order valence-electron chi connectivity index (χ4n) is 1.82. The molecule has 0 saturated heterocycles. The predicted molar refractivity (Wildman–Crippen MR) is 79.1 cm³/mol. The van der Waals surface area contributed by atoms with Crippen molar-refractivity contribution >= 4 is 19.2 Å². The zero-order valence-corrected chi connectivity index (χ0v) is 11.3. The second kappa shape index (κ2) is 6.57. The third-order valence-electron chi connectivity index (χ3n) is 2.84. The van der Waals surface area contributed by atoms with Gasteiger partial charge in [-0.05, 0) is 29.0 Å². The highest BCUT2D eigenvalue weighted by molar-refractivity contribution is 7.55. The summed E-state index contributed by atoms with van der Waals surface area (Å²) < 4.78 is 0. The third kappa shape index (κ3) is 3.98. The molecule has 2 aromatic rings. The maximum atomic E-state index is 2.28. The van der Waals surface area contributed by atoms with E-state index in [0.717, 1.165) is 8.58 Å². The molecule has 0 spiro atoms. The van der Waals surface area contributed by atoms with Crippen LogP contribution in [-0.4, -0.2) is 0 Å². The Kier molecular flexibility index (Phi) is 4.76. The van der Waals surface area contributed by atoms with Crippen molar-refractivity contribution in [3.8, 4) is 0 Å². The standard InChI is InChI=1S/C16H19P/c1-2-3-7-14-10-12-16(13-11-14)17-15-8-5-4-6-9-15/h4-6,8-13,17H,2-3,7H2,1H3. The molecule has 0 fully saturated rings. The molecule has 1 heteroatoms. The van der Waals surface area contributed by atoms with Crippen molar-refractivity contribution in [3.63, 3.8) is 0 Å². The summed E-state index contributed by atoms with van der Waals surface area (Å²) in [6.07, 6.45) is 3.78. The van der Waals surface area contributed by atoms with Crippen molar-refractivity contribution in [1.29, 1.82) is 0 Å². The Morgan fingerprint density at radius 2 is 1.47 bits per heavy atom. The second-order valence-electron chi connectivity index (χ2n) is 4.29. The molecular weight excluding hydrogens is 223 g/mol. The topological polar surface area (TPSA) is 0 Å². The van der Waals surface area contributed by atoms with E-state index in [1.165, 1.54) is 35.4 Å². The highest BCUT2D eigenvalue weighted by Gasteiger charge is 1.96. The first-order valence-corrected chi connectivity index (χ1v) is 7.29. The van der Waals surface area contributed by atoms with Gasteiger partial charge in [0.1, 0.15) is 0 Å². The first kappa shape index (κ1) is 12.3. The smallest absolute Gasteiger partial charge is 0.0226 e. The zero-order valence-electron chi connectivity index (χ0n) is 10.3. The summed E-state index contributed by atoms with van der Waals surface area (Å²) in [4.78, 5) is 0. The van der Waals surface area contributed by atoms with E-state index in [1.807, 2.05) is 0 Å². The van der Waals surface area contributed by atoms with E-state index in [0.29, 0.717) is 0 Å². The lowest BCUT2D eigenvalue weighted by molar-refractivity contribution is 0.795. The van der Waals surface area contributed by atoms with Crippen LogP contribution >= 0.6 is 8.58 Å². The molecule has 0 radical (unpaired) electrons. The Balaban J connectivity index is 1.98. The minimum Gasteiger partial charge on any atom is -0.0654 e. The van der Waals surface area contributed by atoms with Crippen LogP contribution in [0.3, 0.4) is 0 Å². The minimum atomic E-state index is 0.775. The Labute approximate surface area is 106 Å². The van der Waals surface area contributed by atoms with Gasteiger partial charge in [-0.3, -0.25) is 0 Å². The van der Waals surface area contributed by atoms with Gasteiger partial charge in [-0.1, -0.05) is 76.5 Å². The van der Waals surface area contributed by atoms with Crippen LogP contribution < -0.4 is 10.6 Å². The fourth-order valence-corrected chi connectivity index (χ4v) is 2.85. The number of aryl methyl sites for hydroxylation is 1. The molecule has 1 unspecified atom stereocenters. The van der Waals surface area contributed by atoms with Crippen LogP contribution in [0.5, 0.6) is 0 Å². The van der Waals surface area contributed by atoms with Crippen LogP contribution in [0, 0.1) is 0 Å². The van der Waals surface area contributed by atoms with Crippen LogP contribution in [0.25, 0.3) is 0 Å². The summed E-state index contributed by atoms with van der Waals surface area (Å²) in [7, 11) is 0.775. The molecule has 0 N–H and O–H groups in total. The molecule has 2 aromatic carbocycles. The summed E-state index contributed by atoms with van der Waals surface area (Å²) in [5, 5.41) is 2.84. The Morgan fingerprint density at radius 3 is 2.12 bits per heavy atom. The van der Waals surface area contributed by atoms with Crippen LogP contribution in [-0.2, 0) is 6.42 Å². The van der Waals surface area contributed by atoms with Crippen molar-refractivity contribution < 1.29 is 0 Å². The molecule has 0 nitrogen and oxygen atoms in total. The minimum absolute atomic E-state index is 0.775. The van der Waals surface area contributed by atoms with Gasteiger partial charge in [0.2, 0.25) is 0 Å². The molecule has 0 aliphatic rings. The van der Waals surface area contributed by atoms with Crippen molar-refractivity contribution in [2.24, 2.45) is 0 Å². The molecule has 88 valence electrons. The molecule has 0 heterocycles. The lowest BCUT2D eigenvalue weighted by Gasteiger charge is -2.04. The van der Waals surface area contributed by atoms with Gasteiger partial charge in [0.15, 0.2) is 0 Å². The van der Waals surface area contributed by atoms with Crippen LogP contribution in [0.1, 0.15) is 25.3 Å². The van der Waals surface area contributed by atoms with E-state index in [9.17, 15) is 0 Å². The van der Waals surface area contributed by atoms with Crippen molar-refractivity contribution in [3.05, 3.63) is 60.2 Å². The average Bonchev–Trinajstić information content (AvgIpc) is 2.39. The summed E-state index contributed by atoms with van der Waals surface area (Å²) in [5.74, 6) is 0. The van der Waals surface area contributed by atoms with Crippen molar-refractivity contribution in [1.82, 2.24) is 0 Å². The van der Waals surface area contributed by atoms with E-state index in [-0.39, 0.29) is 0 Å². The van der Waals surface area contributed by atoms with E-state index in [2.05, 4.69) is 61.5 Å². The van der Waals surface area contributed by atoms with Crippen molar-refractivity contribution in [2.75, 3.05) is 0 Å². The number of rotatable bonds is 5. The molecule has 0 saturated carbocycles. The lowest BCUT2D eigenvalue weighted by Crippen LogP contribution is -2.02. The SMILES string of the molecule is CCCCc1ccc(Pc2ccccc2)cc1. The molecule has 17 heavy (non-hydrogen) atoms. The van der Waals surface area contributed by atoms with E-state index >= 15 is 0 Å². The molecule has 0 aliphatic carbocycles. The lowest BCUT2D eigenvalue weighted by atomic mass is 10.1. The van der Waals surface area contributed by atoms with E-state index < -0.39 is 0 Å². The van der Waals surface area contributed by atoms with Gasteiger partial charge in [-0.15, -0.1) is 0 Å². The largest absolute Gasteiger partial charge is 0.0654 e. The quantitative estimate of drug-likeness (QED) is 0.702. The number of benzene rings is 2. The fraction of sp³-hybridized carbons (Fsp3) is 0.250. The Bertz CT molecular complexity index is 431. The van der Waals surface area contributed by atoms with Crippen LogP contribution in [0.4, 0.5) is 0 Å². The molecule has 1 atom stereocenters. The summed E-state index contributed by atoms with van der Waals surface area (Å²) in [5.41, 5.74) is 1.47. The van der Waals surface area contributed by atoms with Gasteiger partial charge in [0.25, 0.3) is 0 Å². The molecule has 0 aromatic heterocycles. The van der Waals surface area contributed by atoms with Crippen LogP contribution in [0.15, 0.2) is 54.6 Å². The molecule has 0 aliphatic heterocycles. The average molecular weight is 242 g/mol. The van der Waals surface area contributed by atoms with Gasteiger partial charge in [-0.25, -0.2) is 0 Å². The van der Waals surface area contributed by atoms with E-state index in [4.69, 9.17) is 0 Å². The normalized spacial score (nSPS) is 11.1. The van der Waals surface area contributed by atoms with Gasteiger partial charge >= 0.3 is 0 Å². The Hall–Kier alpha value is -1.13. The Morgan fingerprint density at radius 1 is 0.824 bits per heavy atom. The summed E-state index contributed by atoms with van der Waals surface area (Å²) in [6.45, 7) is 2.24. The van der Waals surface area contributed by atoms with Gasteiger partial charge in [-0.2, -0.15) is 0 Å². The maximum absolute atomic E-state index is 2.28. The molecule has 2 rings (SSSR count). The monoisotopic (exact) mass is 242 g/mol. The second-order valence-corrected chi connectivity index (χ2v) is 5.70. The van der Waals surface area contributed by atoms with Crippen LogP contribution in [0.2, 0.25) is 0 Å². The summed E-state index contributed by atoms with van der Waals surface area (Å²) in [6, 6.07) is 19.8. The molecular formula is C16H19P. The summed E-state index contributed by atoms with van der Waals surface area (Å²) >= 11 is 0. The number of hydrogen-bond acceptors (Lipinski definition) is 0. The number of unbranched alkanes of at least 4 members (excludes halogenated alkanes) is 1.